The molecular weight excluding hydrogens is 945 g/mol. The highest BCUT2D eigenvalue weighted by Gasteiger charge is 2.25. The average Bonchev–Trinajstić information content (AvgIpc) is 4.16. The standard InChI is InChI=1S/C74H54N4/c1-7-19-55(20-8-1)57-37-45-71-67(49-57)69-51-65(43-47-73(69)77(71)61-27-15-5-16-28-61)75(59-23-11-3-12-24-59)63-39-33-53(34-40-63)31-32-54-35-41-64(42-36-54)76(60-25-13-4-14-26-60)66-44-48-74-70(52-66)68-50-58(56-21-9-2-10-22-56)38-46-72(68)78(74)62-29-17-6-18-30-62/h1-49,51-52,58H,50H2/b32-31+. The molecule has 0 aliphatic heterocycles. The van der Waals surface area contributed by atoms with Crippen LogP contribution in [0.4, 0.5) is 34.1 Å². The molecule has 2 heterocycles. The van der Waals surface area contributed by atoms with Crippen LogP contribution in [-0.2, 0) is 6.42 Å². The summed E-state index contributed by atoms with van der Waals surface area (Å²) in [5, 5.41) is 3.70. The summed E-state index contributed by atoms with van der Waals surface area (Å²) in [5.41, 5.74) is 21.1. The first-order chi connectivity index (χ1) is 38.7. The van der Waals surface area contributed by atoms with Crippen LogP contribution < -0.4 is 9.80 Å². The fraction of sp³-hybridized carbons (Fsp3) is 0.0270. The van der Waals surface area contributed by atoms with Gasteiger partial charge in [-0.3, -0.25) is 0 Å². The molecule has 0 bridgehead atoms. The molecular formula is C74H54N4. The molecule has 0 N–H and O–H groups in total. The molecule has 0 radical (unpaired) electrons. The van der Waals surface area contributed by atoms with E-state index in [1.54, 1.807) is 0 Å². The number of hydrogen-bond donors (Lipinski definition) is 0. The molecule has 4 nitrogen and oxygen atoms in total. The van der Waals surface area contributed by atoms with Crippen molar-refractivity contribution in [3.05, 3.63) is 319 Å². The summed E-state index contributed by atoms with van der Waals surface area (Å²) >= 11 is 0. The van der Waals surface area contributed by atoms with E-state index >= 15 is 0 Å². The van der Waals surface area contributed by atoms with Crippen LogP contribution in [-0.4, -0.2) is 9.13 Å². The highest BCUT2D eigenvalue weighted by molar-refractivity contribution is 6.12. The molecule has 0 amide bonds. The van der Waals surface area contributed by atoms with Crippen LogP contribution in [0.2, 0.25) is 0 Å². The Kier molecular flexibility index (Phi) is 12.0. The van der Waals surface area contributed by atoms with Gasteiger partial charge in [0.05, 0.1) is 16.6 Å². The number of nitrogens with zero attached hydrogens (tertiary/aromatic N) is 4. The zero-order valence-corrected chi connectivity index (χ0v) is 43.0. The Bertz CT molecular complexity index is 4300. The summed E-state index contributed by atoms with van der Waals surface area (Å²) in [6, 6.07) is 103. The van der Waals surface area contributed by atoms with E-state index < -0.39 is 0 Å². The summed E-state index contributed by atoms with van der Waals surface area (Å²) in [6.07, 6.45) is 10.1. The molecule has 2 aromatic heterocycles. The molecule has 4 heteroatoms. The smallest absolute Gasteiger partial charge is 0.0542 e. The second-order valence-electron chi connectivity index (χ2n) is 20.1. The largest absolute Gasteiger partial charge is 0.310 e. The monoisotopic (exact) mass is 998 g/mol. The van der Waals surface area contributed by atoms with Crippen LogP contribution in [0.5, 0.6) is 0 Å². The number of anilines is 6. The van der Waals surface area contributed by atoms with Crippen molar-refractivity contribution in [2.24, 2.45) is 0 Å². The van der Waals surface area contributed by atoms with Gasteiger partial charge in [0.2, 0.25) is 0 Å². The zero-order chi connectivity index (χ0) is 51.8. The van der Waals surface area contributed by atoms with E-state index in [0.717, 1.165) is 57.4 Å². The first-order valence-corrected chi connectivity index (χ1v) is 26.9. The van der Waals surface area contributed by atoms with Crippen molar-refractivity contribution < 1.29 is 0 Å². The molecule has 1 unspecified atom stereocenters. The molecule has 0 spiro atoms. The Balaban J connectivity index is 0.779. The maximum absolute atomic E-state index is 2.43. The summed E-state index contributed by atoms with van der Waals surface area (Å²) < 4.78 is 4.82. The second-order valence-corrected chi connectivity index (χ2v) is 20.1. The lowest BCUT2D eigenvalue weighted by Gasteiger charge is -2.26. The van der Waals surface area contributed by atoms with Gasteiger partial charge in [-0.15, -0.1) is 0 Å². The number of para-hydroxylation sites is 4. The number of fused-ring (bicyclic) bond motifs is 6. The average molecular weight is 999 g/mol. The molecule has 1 atom stereocenters. The van der Waals surface area contributed by atoms with E-state index in [-0.39, 0.29) is 0 Å². The summed E-state index contributed by atoms with van der Waals surface area (Å²) in [7, 11) is 0. The van der Waals surface area contributed by atoms with Gasteiger partial charge >= 0.3 is 0 Å². The maximum atomic E-state index is 2.43. The maximum Gasteiger partial charge on any atom is 0.0542 e. The van der Waals surface area contributed by atoms with E-state index in [2.05, 4.69) is 328 Å². The molecule has 0 saturated heterocycles. The predicted octanol–water partition coefficient (Wildman–Crippen LogP) is 19.9. The van der Waals surface area contributed by atoms with E-state index in [0.29, 0.717) is 5.92 Å². The highest BCUT2D eigenvalue weighted by Crippen LogP contribution is 2.44. The van der Waals surface area contributed by atoms with Crippen LogP contribution in [0.15, 0.2) is 291 Å². The minimum Gasteiger partial charge on any atom is -0.310 e. The fourth-order valence-corrected chi connectivity index (χ4v) is 11.7. The molecule has 78 heavy (non-hydrogen) atoms. The minimum absolute atomic E-state index is 0.307. The Labute approximate surface area is 455 Å². The predicted molar refractivity (Wildman–Crippen MR) is 330 cm³/mol. The Morgan fingerprint density at radius 2 is 0.744 bits per heavy atom. The van der Waals surface area contributed by atoms with Gasteiger partial charge in [0.1, 0.15) is 0 Å². The van der Waals surface area contributed by atoms with Gasteiger partial charge in [0.25, 0.3) is 0 Å². The normalized spacial score (nSPS) is 13.1. The van der Waals surface area contributed by atoms with Crippen molar-refractivity contribution in [3.8, 4) is 22.5 Å². The van der Waals surface area contributed by atoms with Crippen molar-refractivity contribution in [3.63, 3.8) is 0 Å². The summed E-state index contributed by atoms with van der Waals surface area (Å²) in [6.45, 7) is 0. The van der Waals surface area contributed by atoms with Crippen molar-refractivity contribution >= 4 is 85.1 Å². The number of aromatic nitrogens is 2. The van der Waals surface area contributed by atoms with Crippen LogP contribution in [0.25, 0.3) is 73.4 Å². The lowest BCUT2D eigenvalue weighted by molar-refractivity contribution is 0.825. The van der Waals surface area contributed by atoms with Crippen LogP contribution >= 0.6 is 0 Å². The van der Waals surface area contributed by atoms with Gasteiger partial charge in [-0.2, -0.15) is 0 Å². The van der Waals surface area contributed by atoms with E-state index in [9.17, 15) is 0 Å². The van der Waals surface area contributed by atoms with Gasteiger partial charge in [-0.05, 0) is 167 Å². The lowest BCUT2D eigenvalue weighted by Crippen LogP contribution is -2.10. The first kappa shape index (κ1) is 46.4. The van der Waals surface area contributed by atoms with Crippen molar-refractivity contribution in [1.82, 2.24) is 9.13 Å². The zero-order valence-electron chi connectivity index (χ0n) is 43.0. The lowest BCUT2D eigenvalue weighted by atomic mass is 9.86. The van der Waals surface area contributed by atoms with Crippen LogP contribution in [0.3, 0.4) is 0 Å². The second kappa shape index (κ2) is 20.2. The van der Waals surface area contributed by atoms with Crippen LogP contribution in [0.1, 0.15) is 33.9 Å². The third kappa shape index (κ3) is 8.65. The van der Waals surface area contributed by atoms with E-state index in [1.807, 2.05) is 0 Å². The molecule has 0 saturated carbocycles. The van der Waals surface area contributed by atoms with Crippen molar-refractivity contribution in [1.29, 1.82) is 0 Å². The first-order valence-electron chi connectivity index (χ1n) is 26.9. The van der Waals surface area contributed by atoms with Crippen LogP contribution in [0, 0.1) is 0 Å². The van der Waals surface area contributed by atoms with Gasteiger partial charge < -0.3 is 18.9 Å². The SMILES string of the molecule is C1=CC(c2ccccc2)Cc2c1n(-c1ccccc1)c1ccc(N(c3ccccc3)c3ccc(/C=C/c4ccc(N(c5ccccc5)c5ccc6c(c5)c5cc(-c7ccccc7)ccc5n6-c5ccccc5)cc4)cc3)cc21. The highest BCUT2D eigenvalue weighted by atomic mass is 15.1. The third-order valence-electron chi connectivity index (χ3n) is 15.4. The molecule has 1 aliphatic carbocycles. The molecule has 0 fully saturated rings. The summed E-state index contributed by atoms with van der Waals surface area (Å²) in [5.74, 6) is 0.307. The van der Waals surface area contributed by atoms with E-state index in [1.165, 1.54) is 66.3 Å². The topological polar surface area (TPSA) is 16.3 Å². The fourth-order valence-electron chi connectivity index (χ4n) is 11.7. The number of benzene rings is 11. The van der Waals surface area contributed by atoms with Gasteiger partial charge in [-0.25, -0.2) is 0 Å². The molecule has 1 aliphatic rings. The van der Waals surface area contributed by atoms with Gasteiger partial charge in [0.15, 0.2) is 0 Å². The summed E-state index contributed by atoms with van der Waals surface area (Å²) in [4.78, 5) is 4.74. The Morgan fingerprint density at radius 3 is 1.28 bits per heavy atom. The van der Waals surface area contributed by atoms with E-state index in [4.69, 9.17) is 0 Å². The quantitative estimate of drug-likeness (QED) is 0.113. The van der Waals surface area contributed by atoms with Gasteiger partial charge in [-0.1, -0.05) is 182 Å². The van der Waals surface area contributed by atoms with Crippen molar-refractivity contribution in [2.75, 3.05) is 9.80 Å². The Morgan fingerprint density at radius 1 is 0.333 bits per heavy atom. The number of allylic oxidation sites excluding steroid dienone is 1. The minimum atomic E-state index is 0.307. The van der Waals surface area contributed by atoms with Gasteiger partial charge in [0, 0.05) is 73.3 Å². The molecule has 14 rings (SSSR count). The molecule has 11 aromatic carbocycles. The Hall–Kier alpha value is -10.2. The molecule has 13 aromatic rings. The molecule has 370 valence electrons. The number of rotatable bonds is 12. The third-order valence-corrected chi connectivity index (χ3v) is 15.4. The number of hydrogen-bond acceptors (Lipinski definition) is 2. The van der Waals surface area contributed by atoms with Crippen molar-refractivity contribution in [2.45, 2.75) is 12.3 Å².